The van der Waals surface area contributed by atoms with Crippen molar-refractivity contribution in [1.82, 2.24) is 15.5 Å². The van der Waals surface area contributed by atoms with E-state index in [1.165, 1.54) is 11.9 Å². The molecule has 100 valence electrons. The molecule has 0 aromatic rings. The van der Waals surface area contributed by atoms with E-state index in [0.29, 0.717) is 6.54 Å². The van der Waals surface area contributed by atoms with Gasteiger partial charge in [0.2, 0.25) is 17.6 Å². The Morgan fingerprint density at radius 1 is 1.44 bits per heavy atom. The number of Topliss-reactive ketones (excluding diaryl/α,β-unsaturated/α-hetero) is 1. The van der Waals surface area contributed by atoms with E-state index in [1.54, 1.807) is 6.92 Å². The third-order valence-corrected chi connectivity index (χ3v) is 2.81. The number of ketones is 1. The molecule has 7 nitrogen and oxygen atoms in total. The molecule has 1 heterocycles. The van der Waals surface area contributed by atoms with Crippen molar-refractivity contribution in [3.05, 3.63) is 0 Å². The van der Waals surface area contributed by atoms with Crippen molar-refractivity contribution in [3.63, 3.8) is 0 Å². The quantitative estimate of drug-likeness (QED) is 0.593. The van der Waals surface area contributed by atoms with Crippen molar-refractivity contribution in [2.24, 2.45) is 0 Å². The summed E-state index contributed by atoms with van der Waals surface area (Å²) in [6.45, 7) is 2.13. The molecule has 0 radical (unpaired) electrons. The second kappa shape index (κ2) is 6.13. The lowest BCUT2D eigenvalue weighted by Gasteiger charge is -2.34. The molecule has 0 spiro atoms. The van der Waals surface area contributed by atoms with Gasteiger partial charge in [0.05, 0.1) is 6.42 Å². The zero-order valence-corrected chi connectivity index (χ0v) is 10.5. The van der Waals surface area contributed by atoms with E-state index in [9.17, 15) is 19.2 Å². The molecule has 7 heteroatoms. The number of carbonyl (C=O) groups is 4. The van der Waals surface area contributed by atoms with Crippen LogP contribution in [0.2, 0.25) is 0 Å². The van der Waals surface area contributed by atoms with Crippen LogP contribution in [0.15, 0.2) is 0 Å². The van der Waals surface area contributed by atoms with Gasteiger partial charge < -0.3 is 15.5 Å². The maximum absolute atomic E-state index is 11.8. The summed E-state index contributed by atoms with van der Waals surface area (Å²) in [7, 11) is 1.45. The van der Waals surface area contributed by atoms with E-state index in [1.807, 2.05) is 0 Å². The highest BCUT2D eigenvalue weighted by atomic mass is 16.2. The van der Waals surface area contributed by atoms with E-state index in [4.69, 9.17) is 0 Å². The standard InChI is InChI=1S/C11H17N3O4/c1-3-8(15)11(18)14-5-4-13-10(17)7(14)6-9(16)12-2/h7H,3-6H2,1-2H3,(H,12,16)(H,13,17)/t7-/m0/s1. The zero-order chi connectivity index (χ0) is 13.7. The third-order valence-electron chi connectivity index (χ3n) is 2.81. The van der Waals surface area contributed by atoms with Crippen molar-refractivity contribution < 1.29 is 19.2 Å². The van der Waals surface area contributed by atoms with Crippen LogP contribution in [-0.2, 0) is 19.2 Å². The lowest BCUT2D eigenvalue weighted by molar-refractivity contribution is -0.151. The molecular weight excluding hydrogens is 238 g/mol. The van der Waals surface area contributed by atoms with Gasteiger partial charge in [0.25, 0.3) is 5.91 Å². The van der Waals surface area contributed by atoms with Gasteiger partial charge in [-0.25, -0.2) is 0 Å². The van der Waals surface area contributed by atoms with Gasteiger partial charge in [0, 0.05) is 26.6 Å². The molecule has 2 N–H and O–H groups in total. The van der Waals surface area contributed by atoms with Gasteiger partial charge in [-0.2, -0.15) is 0 Å². The highest BCUT2D eigenvalue weighted by molar-refractivity contribution is 6.36. The minimum Gasteiger partial charge on any atom is -0.359 e. The predicted molar refractivity (Wildman–Crippen MR) is 62.5 cm³/mol. The SMILES string of the molecule is CCC(=O)C(=O)N1CCNC(=O)[C@@H]1CC(=O)NC. The summed E-state index contributed by atoms with van der Waals surface area (Å²) in [5.41, 5.74) is 0. The maximum atomic E-state index is 11.8. The highest BCUT2D eigenvalue weighted by Crippen LogP contribution is 2.10. The fourth-order valence-corrected chi connectivity index (χ4v) is 1.75. The van der Waals surface area contributed by atoms with E-state index in [2.05, 4.69) is 10.6 Å². The molecule has 1 saturated heterocycles. The summed E-state index contributed by atoms with van der Waals surface area (Å²) < 4.78 is 0. The average molecular weight is 255 g/mol. The second-order valence-electron chi connectivity index (χ2n) is 3.96. The van der Waals surface area contributed by atoms with Crippen molar-refractivity contribution in [2.45, 2.75) is 25.8 Å². The summed E-state index contributed by atoms with van der Waals surface area (Å²) >= 11 is 0. The van der Waals surface area contributed by atoms with Crippen LogP contribution in [0, 0.1) is 0 Å². The largest absolute Gasteiger partial charge is 0.359 e. The fraction of sp³-hybridized carbons (Fsp3) is 0.636. The van der Waals surface area contributed by atoms with Crippen LogP contribution >= 0.6 is 0 Å². The first-order chi connectivity index (χ1) is 8.51. The molecule has 0 aromatic heterocycles. The van der Waals surface area contributed by atoms with Gasteiger partial charge in [-0.05, 0) is 0 Å². The lowest BCUT2D eigenvalue weighted by Crippen LogP contribution is -2.59. The maximum Gasteiger partial charge on any atom is 0.290 e. The van der Waals surface area contributed by atoms with E-state index in [0.717, 1.165) is 0 Å². The second-order valence-corrected chi connectivity index (χ2v) is 3.96. The summed E-state index contributed by atoms with van der Waals surface area (Å²) in [5, 5.41) is 4.97. The molecule has 1 aliphatic rings. The Morgan fingerprint density at radius 2 is 2.11 bits per heavy atom. The zero-order valence-electron chi connectivity index (χ0n) is 10.5. The summed E-state index contributed by atoms with van der Waals surface area (Å²) in [6.07, 6.45) is -0.0469. The first kappa shape index (κ1) is 14.1. The van der Waals surface area contributed by atoms with Gasteiger partial charge in [0.1, 0.15) is 6.04 Å². The number of amides is 3. The Hall–Kier alpha value is -1.92. The molecule has 1 fully saturated rings. The summed E-state index contributed by atoms with van der Waals surface area (Å²) in [5.74, 6) is -1.99. The van der Waals surface area contributed by atoms with E-state index in [-0.39, 0.29) is 25.3 Å². The normalized spacial score (nSPS) is 19.1. The number of piperazine rings is 1. The van der Waals surface area contributed by atoms with Crippen LogP contribution in [0.5, 0.6) is 0 Å². The van der Waals surface area contributed by atoms with Crippen LogP contribution in [0.4, 0.5) is 0 Å². The molecule has 1 atom stereocenters. The summed E-state index contributed by atoms with van der Waals surface area (Å²) in [4.78, 5) is 47.4. The first-order valence-electron chi connectivity index (χ1n) is 5.83. The van der Waals surface area contributed by atoms with Gasteiger partial charge >= 0.3 is 0 Å². The number of hydrogen-bond acceptors (Lipinski definition) is 4. The summed E-state index contributed by atoms with van der Waals surface area (Å²) in [6, 6.07) is -0.901. The molecule has 0 unspecified atom stereocenters. The lowest BCUT2D eigenvalue weighted by atomic mass is 10.1. The van der Waals surface area contributed by atoms with Crippen LogP contribution in [0.3, 0.4) is 0 Å². The third kappa shape index (κ3) is 3.06. The Kier molecular flexibility index (Phi) is 4.82. The fourth-order valence-electron chi connectivity index (χ4n) is 1.75. The number of hydrogen-bond donors (Lipinski definition) is 2. The van der Waals surface area contributed by atoms with Gasteiger partial charge in [0.15, 0.2) is 0 Å². The van der Waals surface area contributed by atoms with Crippen LogP contribution < -0.4 is 10.6 Å². The minimum absolute atomic E-state index is 0.0870. The number of rotatable bonds is 4. The van der Waals surface area contributed by atoms with E-state index < -0.39 is 23.6 Å². The van der Waals surface area contributed by atoms with Crippen LogP contribution in [0.25, 0.3) is 0 Å². The molecule has 18 heavy (non-hydrogen) atoms. The predicted octanol–water partition coefficient (Wildman–Crippen LogP) is -1.57. The highest BCUT2D eigenvalue weighted by Gasteiger charge is 2.36. The molecular formula is C11H17N3O4. The number of carbonyl (C=O) groups excluding carboxylic acids is 4. The van der Waals surface area contributed by atoms with Crippen molar-refractivity contribution in [1.29, 1.82) is 0 Å². The number of nitrogens with zero attached hydrogens (tertiary/aromatic N) is 1. The Balaban J connectivity index is 2.84. The molecule has 0 aliphatic carbocycles. The van der Waals surface area contributed by atoms with Crippen molar-refractivity contribution in [2.75, 3.05) is 20.1 Å². The number of nitrogens with one attached hydrogen (secondary N) is 2. The molecule has 0 saturated carbocycles. The minimum atomic E-state index is -0.901. The average Bonchev–Trinajstić information content (AvgIpc) is 2.39. The molecule has 1 rings (SSSR count). The molecule has 0 aromatic carbocycles. The van der Waals surface area contributed by atoms with E-state index >= 15 is 0 Å². The van der Waals surface area contributed by atoms with Gasteiger partial charge in [-0.15, -0.1) is 0 Å². The smallest absolute Gasteiger partial charge is 0.290 e. The van der Waals surface area contributed by atoms with Gasteiger partial charge in [-0.1, -0.05) is 6.92 Å². The monoisotopic (exact) mass is 255 g/mol. The Labute approximate surface area is 105 Å². The van der Waals surface area contributed by atoms with Crippen LogP contribution in [-0.4, -0.2) is 54.6 Å². The van der Waals surface area contributed by atoms with Crippen LogP contribution in [0.1, 0.15) is 19.8 Å². The van der Waals surface area contributed by atoms with Crippen molar-refractivity contribution in [3.8, 4) is 0 Å². The molecule has 1 aliphatic heterocycles. The van der Waals surface area contributed by atoms with Crippen molar-refractivity contribution >= 4 is 23.5 Å². The van der Waals surface area contributed by atoms with Gasteiger partial charge in [-0.3, -0.25) is 19.2 Å². The topological polar surface area (TPSA) is 95.6 Å². The first-order valence-corrected chi connectivity index (χ1v) is 5.83. The molecule has 0 bridgehead atoms. The Morgan fingerprint density at radius 3 is 2.67 bits per heavy atom. The molecule has 3 amide bonds. The Bertz CT molecular complexity index is 380.